The van der Waals surface area contributed by atoms with Crippen LogP contribution in [0.4, 0.5) is 27.6 Å². The number of anilines is 1. The summed E-state index contributed by atoms with van der Waals surface area (Å²) < 4.78 is 64.1. The van der Waals surface area contributed by atoms with Crippen LogP contribution in [-0.4, -0.2) is 6.54 Å². The van der Waals surface area contributed by atoms with Gasteiger partial charge in [0, 0.05) is 6.54 Å². The van der Waals surface area contributed by atoms with Crippen molar-refractivity contribution in [1.29, 1.82) is 0 Å². The van der Waals surface area contributed by atoms with E-state index in [4.69, 9.17) is 0 Å². The molecule has 0 spiro atoms. The molecule has 0 saturated heterocycles. The van der Waals surface area contributed by atoms with E-state index in [0.717, 1.165) is 0 Å². The molecule has 1 aromatic rings. The fourth-order valence-corrected chi connectivity index (χ4v) is 0.999. The van der Waals surface area contributed by atoms with E-state index >= 15 is 0 Å². The van der Waals surface area contributed by atoms with Crippen molar-refractivity contribution in [3.63, 3.8) is 0 Å². The Kier molecular flexibility index (Phi) is 3.51. The molecular formula is C10H8F5N. The zero-order valence-corrected chi connectivity index (χ0v) is 8.30. The Morgan fingerprint density at radius 2 is 1.31 bits per heavy atom. The Labute approximate surface area is 88.6 Å². The van der Waals surface area contributed by atoms with E-state index < -0.39 is 34.8 Å². The van der Waals surface area contributed by atoms with E-state index in [2.05, 4.69) is 11.9 Å². The minimum absolute atomic E-state index is 0.0850. The SMILES string of the molecule is C=C(C)CNc1c(F)c(F)c(F)c(F)c1F. The molecule has 0 radical (unpaired) electrons. The summed E-state index contributed by atoms with van der Waals surface area (Å²) in [7, 11) is 0. The van der Waals surface area contributed by atoms with Crippen molar-refractivity contribution in [3.8, 4) is 0 Å². The van der Waals surface area contributed by atoms with Gasteiger partial charge in [-0.2, -0.15) is 0 Å². The van der Waals surface area contributed by atoms with Crippen molar-refractivity contribution in [2.45, 2.75) is 6.92 Å². The summed E-state index contributed by atoms with van der Waals surface area (Å²) in [4.78, 5) is 0. The van der Waals surface area contributed by atoms with Gasteiger partial charge in [0.1, 0.15) is 5.69 Å². The zero-order valence-electron chi connectivity index (χ0n) is 8.30. The second-order valence-corrected chi connectivity index (χ2v) is 3.26. The van der Waals surface area contributed by atoms with Gasteiger partial charge >= 0.3 is 0 Å². The molecule has 0 bridgehead atoms. The van der Waals surface area contributed by atoms with Crippen molar-refractivity contribution in [3.05, 3.63) is 41.2 Å². The van der Waals surface area contributed by atoms with Crippen molar-refractivity contribution < 1.29 is 22.0 Å². The largest absolute Gasteiger partial charge is 0.376 e. The van der Waals surface area contributed by atoms with Crippen LogP contribution >= 0.6 is 0 Å². The number of hydrogen-bond donors (Lipinski definition) is 1. The van der Waals surface area contributed by atoms with Crippen molar-refractivity contribution in [1.82, 2.24) is 0 Å². The molecule has 0 aromatic heterocycles. The van der Waals surface area contributed by atoms with Crippen LogP contribution in [0.5, 0.6) is 0 Å². The Balaban J connectivity index is 3.23. The fraction of sp³-hybridized carbons (Fsp3) is 0.200. The number of hydrogen-bond acceptors (Lipinski definition) is 1. The first-order chi connectivity index (χ1) is 7.36. The Morgan fingerprint density at radius 3 is 1.69 bits per heavy atom. The molecule has 0 unspecified atom stereocenters. The Hall–Kier alpha value is -1.59. The molecule has 0 heterocycles. The molecule has 0 saturated carbocycles. The predicted molar refractivity (Wildman–Crippen MR) is 49.5 cm³/mol. The molecule has 0 atom stereocenters. The average molecular weight is 237 g/mol. The van der Waals surface area contributed by atoms with E-state index in [9.17, 15) is 22.0 Å². The molecule has 0 amide bonds. The summed E-state index contributed by atoms with van der Waals surface area (Å²) in [6, 6.07) is 0. The summed E-state index contributed by atoms with van der Waals surface area (Å²) in [6.07, 6.45) is 0. The molecule has 88 valence electrons. The molecule has 1 nitrogen and oxygen atoms in total. The van der Waals surface area contributed by atoms with Crippen LogP contribution in [0.1, 0.15) is 6.92 Å². The van der Waals surface area contributed by atoms with Crippen LogP contribution < -0.4 is 5.32 Å². The van der Waals surface area contributed by atoms with Crippen molar-refractivity contribution >= 4 is 5.69 Å². The van der Waals surface area contributed by atoms with Gasteiger partial charge in [0.25, 0.3) is 0 Å². The van der Waals surface area contributed by atoms with E-state index in [-0.39, 0.29) is 6.54 Å². The molecule has 1 aromatic carbocycles. The van der Waals surface area contributed by atoms with Crippen LogP contribution in [-0.2, 0) is 0 Å². The van der Waals surface area contributed by atoms with Gasteiger partial charge in [-0.3, -0.25) is 0 Å². The highest BCUT2D eigenvalue weighted by atomic mass is 19.2. The lowest BCUT2D eigenvalue weighted by atomic mass is 10.2. The molecule has 0 aliphatic heterocycles. The molecule has 1 rings (SSSR count). The maximum atomic E-state index is 13.0. The first kappa shape index (κ1) is 12.5. The summed E-state index contributed by atoms with van der Waals surface area (Å²) >= 11 is 0. The van der Waals surface area contributed by atoms with Gasteiger partial charge in [0.05, 0.1) is 0 Å². The zero-order chi connectivity index (χ0) is 12.5. The highest BCUT2D eigenvalue weighted by Gasteiger charge is 2.25. The molecule has 0 aliphatic carbocycles. The van der Waals surface area contributed by atoms with Gasteiger partial charge in [0.15, 0.2) is 23.3 Å². The van der Waals surface area contributed by atoms with Crippen LogP contribution in [0.2, 0.25) is 0 Å². The molecular weight excluding hydrogens is 229 g/mol. The topological polar surface area (TPSA) is 12.0 Å². The summed E-state index contributed by atoms with van der Waals surface area (Å²) in [5.74, 6) is -9.86. The van der Waals surface area contributed by atoms with Crippen LogP contribution in [0.15, 0.2) is 12.2 Å². The predicted octanol–water partition coefficient (Wildman–Crippen LogP) is 3.37. The summed E-state index contributed by atoms with van der Waals surface area (Å²) in [5.41, 5.74) is -0.552. The molecule has 1 N–H and O–H groups in total. The number of rotatable bonds is 3. The van der Waals surface area contributed by atoms with Gasteiger partial charge in [-0.25, -0.2) is 22.0 Å². The highest BCUT2D eigenvalue weighted by molar-refractivity contribution is 5.48. The normalized spacial score (nSPS) is 10.4. The van der Waals surface area contributed by atoms with E-state index in [1.165, 1.54) is 0 Å². The minimum Gasteiger partial charge on any atom is -0.376 e. The minimum atomic E-state index is -2.17. The van der Waals surface area contributed by atoms with Gasteiger partial charge in [0.2, 0.25) is 5.82 Å². The lowest BCUT2D eigenvalue weighted by molar-refractivity contribution is 0.381. The van der Waals surface area contributed by atoms with E-state index in [1.54, 1.807) is 6.92 Å². The first-order valence-electron chi connectivity index (χ1n) is 4.26. The summed E-state index contributed by atoms with van der Waals surface area (Å²) in [5, 5.41) is 2.09. The van der Waals surface area contributed by atoms with Crippen molar-refractivity contribution in [2.24, 2.45) is 0 Å². The van der Waals surface area contributed by atoms with E-state index in [1.807, 2.05) is 0 Å². The van der Waals surface area contributed by atoms with Gasteiger partial charge < -0.3 is 5.32 Å². The van der Waals surface area contributed by atoms with Crippen molar-refractivity contribution in [2.75, 3.05) is 11.9 Å². The third-order valence-electron chi connectivity index (χ3n) is 1.78. The lowest BCUT2D eigenvalue weighted by Crippen LogP contribution is -2.11. The van der Waals surface area contributed by atoms with Crippen LogP contribution in [0, 0.1) is 29.1 Å². The van der Waals surface area contributed by atoms with Gasteiger partial charge in [-0.15, -0.1) is 0 Å². The highest BCUT2D eigenvalue weighted by Crippen LogP contribution is 2.26. The Bertz CT molecular complexity index is 412. The second-order valence-electron chi connectivity index (χ2n) is 3.26. The monoisotopic (exact) mass is 237 g/mol. The van der Waals surface area contributed by atoms with E-state index in [0.29, 0.717) is 5.57 Å². The maximum Gasteiger partial charge on any atom is 0.200 e. The van der Waals surface area contributed by atoms with Crippen LogP contribution in [0.3, 0.4) is 0 Å². The lowest BCUT2D eigenvalue weighted by Gasteiger charge is -2.10. The third kappa shape index (κ3) is 2.15. The van der Waals surface area contributed by atoms with Gasteiger partial charge in [-0.05, 0) is 6.92 Å². The Morgan fingerprint density at radius 1 is 0.938 bits per heavy atom. The molecule has 0 aliphatic rings. The van der Waals surface area contributed by atoms with Gasteiger partial charge in [-0.1, -0.05) is 12.2 Å². The second kappa shape index (κ2) is 4.51. The summed E-state index contributed by atoms with van der Waals surface area (Å²) in [6.45, 7) is 4.88. The standard InChI is InChI=1S/C10H8F5N/c1-4(2)3-16-10-8(14)6(12)5(11)7(13)9(10)15/h16H,1,3H2,2H3. The average Bonchev–Trinajstić information content (AvgIpc) is 2.23. The molecule has 6 heteroatoms. The fourth-order valence-electron chi connectivity index (χ4n) is 0.999. The smallest absolute Gasteiger partial charge is 0.200 e. The number of benzene rings is 1. The maximum absolute atomic E-state index is 13.0. The molecule has 0 fully saturated rings. The quantitative estimate of drug-likeness (QED) is 0.368. The number of halogens is 5. The third-order valence-corrected chi connectivity index (χ3v) is 1.78. The first-order valence-corrected chi connectivity index (χ1v) is 4.26. The molecule has 16 heavy (non-hydrogen) atoms. The van der Waals surface area contributed by atoms with Crippen LogP contribution in [0.25, 0.3) is 0 Å². The number of nitrogens with one attached hydrogen (secondary N) is 1.